The molecule has 5 heteroatoms. The monoisotopic (exact) mass is 501 g/mol. The minimum absolute atomic E-state index is 0.202. The van der Waals surface area contributed by atoms with E-state index in [1.54, 1.807) is 18.3 Å². The first-order chi connectivity index (χ1) is 15.7. The standard InChI is InChI=1S/C27H21BrNO2P/c28-23-14-10-13-22(19-23)27(30)29-20-26(21-11-4-1-5-12-21)31-32(24-15-6-2-7-16-24)25-17-8-3-9-18-25/h1-20H,(H,29,30). The van der Waals surface area contributed by atoms with Gasteiger partial charge in [-0.1, -0.05) is 113 Å². The number of carbonyl (C=O) groups excluding carboxylic acids is 1. The molecular weight excluding hydrogens is 481 g/mol. The predicted octanol–water partition coefficient (Wildman–Crippen LogP) is 6.24. The zero-order valence-electron chi connectivity index (χ0n) is 17.2. The molecule has 0 fully saturated rings. The Morgan fingerprint density at radius 2 is 1.25 bits per heavy atom. The highest BCUT2D eigenvalue weighted by Gasteiger charge is 2.19. The van der Waals surface area contributed by atoms with Crippen molar-refractivity contribution in [3.8, 4) is 0 Å². The molecule has 0 aliphatic heterocycles. The molecule has 4 aromatic rings. The van der Waals surface area contributed by atoms with Gasteiger partial charge in [-0.25, -0.2) is 0 Å². The van der Waals surface area contributed by atoms with Crippen LogP contribution in [0.15, 0.2) is 126 Å². The van der Waals surface area contributed by atoms with Gasteiger partial charge in [0.15, 0.2) is 8.15 Å². The number of halogens is 1. The van der Waals surface area contributed by atoms with Crippen LogP contribution < -0.4 is 15.9 Å². The molecule has 0 radical (unpaired) electrons. The predicted molar refractivity (Wildman–Crippen MR) is 136 cm³/mol. The highest BCUT2D eigenvalue weighted by Crippen LogP contribution is 2.40. The summed E-state index contributed by atoms with van der Waals surface area (Å²) in [5.74, 6) is 0.403. The van der Waals surface area contributed by atoms with Crippen LogP contribution in [-0.4, -0.2) is 5.91 Å². The minimum Gasteiger partial charge on any atom is -0.462 e. The number of rotatable bonds is 7. The Labute approximate surface area is 197 Å². The van der Waals surface area contributed by atoms with E-state index >= 15 is 0 Å². The quantitative estimate of drug-likeness (QED) is 0.240. The lowest BCUT2D eigenvalue weighted by atomic mass is 10.2. The molecule has 4 rings (SSSR count). The van der Waals surface area contributed by atoms with E-state index < -0.39 is 8.15 Å². The summed E-state index contributed by atoms with van der Waals surface area (Å²) in [6.07, 6.45) is 1.65. The maximum Gasteiger partial charge on any atom is 0.255 e. The van der Waals surface area contributed by atoms with E-state index in [9.17, 15) is 4.79 Å². The van der Waals surface area contributed by atoms with Crippen LogP contribution in [0.25, 0.3) is 5.76 Å². The Bertz CT molecular complexity index is 1160. The van der Waals surface area contributed by atoms with Crippen molar-refractivity contribution in [3.05, 3.63) is 137 Å². The molecule has 3 nitrogen and oxygen atoms in total. The molecule has 32 heavy (non-hydrogen) atoms. The van der Waals surface area contributed by atoms with E-state index in [4.69, 9.17) is 4.52 Å². The van der Waals surface area contributed by atoms with Gasteiger partial charge in [0.05, 0.1) is 0 Å². The fourth-order valence-electron chi connectivity index (χ4n) is 3.09. The first kappa shape index (κ1) is 22.0. The Morgan fingerprint density at radius 1 is 0.719 bits per heavy atom. The van der Waals surface area contributed by atoms with Crippen LogP contribution in [0.3, 0.4) is 0 Å². The molecule has 0 aromatic heterocycles. The molecule has 0 saturated carbocycles. The van der Waals surface area contributed by atoms with E-state index in [2.05, 4.69) is 45.5 Å². The number of hydrogen-bond acceptors (Lipinski definition) is 2. The van der Waals surface area contributed by atoms with Crippen LogP contribution in [0.2, 0.25) is 0 Å². The number of amides is 1. The first-order valence-corrected chi connectivity index (χ1v) is 12.2. The van der Waals surface area contributed by atoms with Crippen molar-refractivity contribution in [1.29, 1.82) is 0 Å². The van der Waals surface area contributed by atoms with Crippen LogP contribution in [0.5, 0.6) is 0 Å². The van der Waals surface area contributed by atoms with E-state index in [0.717, 1.165) is 20.6 Å². The molecule has 1 amide bonds. The van der Waals surface area contributed by atoms with Crippen LogP contribution >= 0.6 is 24.1 Å². The van der Waals surface area contributed by atoms with Gasteiger partial charge in [0.2, 0.25) is 0 Å². The van der Waals surface area contributed by atoms with Gasteiger partial charge in [-0.2, -0.15) is 0 Å². The van der Waals surface area contributed by atoms with E-state index in [1.807, 2.05) is 78.9 Å². The van der Waals surface area contributed by atoms with Gasteiger partial charge in [0, 0.05) is 32.4 Å². The SMILES string of the molecule is O=C(NC=C(OP(c1ccccc1)c1ccccc1)c1ccccc1)c1cccc(Br)c1. The largest absolute Gasteiger partial charge is 0.462 e. The molecule has 0 aliphatic rings. The number of hydrogen-bond donors (Lipinski definition) is 1. The smallest absolute Gasteiger partial charge is 0.255 e. The van der Waals surface area contributed by atoms with E-state index in [1.165, 1.54) is 0 Å². The fourth-order valence-corrected chi connectivity index (χ4v) is 5.24. The third-order valence-corrected chi connectivity index (χ3v) is 7.06. The zero-order valence-corrected chi connectivity index (χ0v) is 19.7. The number of carbonyl (C=O) groups is 1. The summed E-state index contributed by atoms with van der Waals surface area (Å²) in [5, 5.41) is 5.08. The Balaban J connectivity index is 1.68. The second-order valence-electron chi connectivity index (χ2n) is 6.92. The second kappa shape index (κ2) is 10.9. The minimum atomic E-state index is -1.13. The molecular formula is C27H21BrNO2P. The molecule has 4 aromatic carbocycles. The Kier molecular flexibility index (Phi) is 7.50. The third-order valence-electron chi connectivity index (χ3n) is 4.65. The van der Waals surface area contributed by atoms with Crippen molar-refractivity contribution in [1.82, 2.24) is 5.32 Å². The lowest BCUT2D eigenvalue weighted by Gasteiger charge is -2.21. The van der Waals surface area contributed by atoms with Crippen molar-refractivity contribution < 1.29 is 9.32 Å². The van der Waals surface area contributed by atoms with Gasteiger partial charge in [-0.3, -0.25) is 4.79 Å². The van der Waals surface area contributed by atoms with Crippen LogP contribution in [-0.2, 0) is 4.52 Å². The maximum absolute atomic E-state index is 12.7. The molecule has 0 heterocycles. The van der Waals surface area contributed by atoms with E-state index in [-0.39, 0.29) is 5.91 Å². The normalized spacial score (nSPS) is 11.2. The van der Waals surface area contributed by atoms with Crippen molar-refractivity contribution in [3.63, 3.8) is 0 Å². The highest BCUT2D eigenvalue weighted by atomic mass is 79.9. The Hall–Kier alpha value is -3.20. The third kappa shape index (κ3) is 5.73. The number of nitrogens with one attached hydrogen (secondary N) is 1. The molecule has 0 unspecified atom stereocenters. The van der Waals surface area contributed by atoms with Crippen molar-refractivity contribution >= 4 is 46.4 Å². The lowest BCUT2D eigenvalue weighted by Crippen LogP contribution is -2.19. The van der Waals surface area contributed by atoms with Gasteiger partial charge >= 0.3 is 0 Å². The average molecular weight is 502 g/mol. The molecule has 1 N–H and O–H groups in total. The lowest BCUT2D eigenvalue weighted by molar-refractivity contribution is 0.0969. The molecule has 158 valence electrons. The topological polar surface area (TPSA) is 38.3 Å². The number of benzene rings is 4. The van der Waals surface area contributed by atoms with Crippen molar-refractivity contribution in [2.75, 3.05) is 0 Å². The van der Waals surface area contributed by atoms with Crippen LogP contribution in [0, 0.1) is 0 Å². The van der Waals surface area contributed by atoms with E-state index in [0.29, 0.717) is 11.3 Å². The highest BCUT2D eigenvalue weighted by molar-refractivity contribution is 9.10. The molecule has 0 bridgehead atoms. The summed E-state index contributed by atoms with van der Waals surface area (Å²) in [4.78, 5) is 12.7. The van der Waals surface area contributed by atoms with Crippen molar-refractivity contribution in [2.24, 2.45) is 0 Å². The van der Waals surface area contributed by atoms with Gasteiger partial charge in [-0.15, -0.1) is 0 Å². The van der Waals surface area contributed by atoms with Gasteiger partial charge in [-0.05, 0) is 18.2 Å². The second-order valence-corrected chi connectivity index (χ2v) is 9.63. The van der Waals surface area contributed by atoms with Crippen LogP contribution in [0.4, 0.5) is 0 Å². The molecule has 0 spiro atoms. The summed E-state index contributed by atoms with van der Waals surface area (Å²) in [6, 6.07) is 37.4. The summed E-state index contributed by atoms with van der Waals surface area (Å²) in [6.45, 7) is 0. The van der Waals surface area contributed by atoms with Crippen molar-refractivity contribution in [2.45, 2.75) is 0 Å². The summed E-state index contributed by atoms with van der Waals surface area (Å²) in [5.41, 5.74) is 1.46. The summed E-state index contributed by atoms with van der Waals surface area (Å²) in [7, 11) is -1.13. The molecule has 0 saturated heterocycles. The molecule has 0 aliphatic carbocycles. The summed E-state index contributed by atoms with van der Waals surface area (Å²) >= 11 is 3.41. The van der Waals surface area contributed by atoms with Gasteiger partial charge in [0.1, 0.15) is 5.76 Å². The van der Waals surface area contributed by atoms with Gasteiger partial charge < -0.3 is 9.84 Å². The Morgan fingerprint density at radius 3 is 1.81 bits per heavy atom. The first-order valence-electron chi connectivity index (χ1n) is 10.1. The fraction of sp³-hybridized carbons (Fsp3) is 0. The zero-order chi connectivity index (χ0) is 22.2. The molecule has 0 atom stereocenters. The van der Waals surface area contributed by atoms with Gasteiger partial charge in [0.25, 0.3) is 5.91 Å². The average Bonchev–Trinajstić information content (AvgIpc) is 2.85. The summed E-state index contributed by atoms with van der Waals surface area (Å²) < 4.78 is 7.47. The van der Waals surface area contributed by atoms with Crippen LogP contribution in [0.1, 0.15) is 15.9 Å². The maximum atomic E-state index is 12.7.